The molecule has 0 radical (unpaired) electrons. The third-order valence-corrected chi connectivity index (χ3v) is 1.58. The summed E-state index contributed by atoms with van der Waals surface area (Å²) in [4.78, 5) is 2.33. The highest BCUT2D eigenvalue weighted by Crippen LogP contribution is 2.30. The normalized spacial score (nSPS) is 14.8. The van der Waals surface area contributed by atoms with E-state index in [9.17, 15) is 13.2 Å². The second-order valence-corrected chi connectivity index (χ2v) is 2.73. The monoisotopic (exact) mass is 198 g/mol. The Balaban J connectivity index is 2.85. The van der Waals surface area contributed by atoms with E-state index in [-0.39, 0.29) is 10.7 Å². The van der Waals surface area contributed by atoms with Crippen LogP contribution in [-0.2, 0) is 0 Å². The van der Waals surface area contributed by atoms with Gasteiger partial charge >= 0.3 is 6.18 Å². The maximum atomic E-state index is 12.0. The SMILES string of the molecule is NC(c1cc(Cl)c[nH]1)C(F)(F)F. The molecule has 0 aliphatic carbocycles. The Labute approximate surface area is 71.5 Å². The van der Waals surface area contributed by atoms with Crippen molar-refractivity contribution in [3.05, 3.63) is 23.0 Å². The van der Waals surface area contributed by atoms with Crippen molar-refractivity contribution in [3.63, 3.8) is 0 Å². The molecule has 1 unspecified atom stereocenters. The first kappa shape index (κ1) is 9.41. The summed E-state index contributed by atoms with van der Waals surface area (Å²) in [6, 6.07) is -0.843. The van der Waals surface area contributed by atoms with E-state index in [1.54, 1.807) is 0 Å². The van der Waals surface area contributed by atoms with E-state index in [2.05, 4.69) is 4.98 Å². The number of halogens is 4. The van der Waals surface area contributed by atoms with Crippen molar-refractivity contribution in [3.8, 4) is 0 Å². The zero-order chi connectivity index (χ0) is 9.35. The molecule has 1 heterocycles. The van der Waals surface area contributed by atoms with Gasteiger partial charge in [-0.05, 0) is 6.07 Å². The van der Waals surface area contributed by atoms with Gasteiger partial charge in [0.2, 0.25) is 0 Å². The molecule has 0 aliphatic heterocycles. The number of hydrogen-bond donors (Lipinski definition) is 2. The minimum Gasteiger partial charge on any atom is -0.362 e. The number of rotatable bonds is 1. The minimum absolute atomic E-state index is 0.132. The molecule has 0 saturated carbocycles. The summed E-state index contributed by atoms with van der Waals surface area (Å²) in [5.74, 6) is 0. The molecule has 0 aromatic carbocycles. The topological polar surface area (TPSA) is 41.8 Å². The van der Waals surface area contributed by atoms with Gasteiger partial charge < -0.3 is 10.7 Å². The molecule has 2 nitrogen and oxygen atoms in total. The van der Waals surface area contributed by atoms with Crippen LogP contribution >= 0.6 is 11.6 Å². The number of nitrogens with two attached hydrogens (primary N) is 1. The van der Waals surface area contributed by atoms with E-state index in [0.717, 1.165) is 6.07 Å². The van der Waals surface area contributed by atoms with Crippen molar-refractivity contribution in [1.29, 1.82) is 0 Å². The summed E-state index contributed by atoms with van der Waals surface area (Å²) in [7, 11) is 0. The Morgan fingerprint density at radius 1 is 1.50 bits per heavy atom. The van der Waals surface area contributed by atoms with Crippen molar-refractivity contribution in [2.75, 3.05) is 0 Å². The quantitative estimate of drug-likeness (QED) is 0.714. The molecule has 0 fully saturated rings. The van der Waals surface area contributed by atoms with Crippen LogP contribution in [0.1, 0.15) is 11.7 Å². The Morgan fingerprint density at radius 2 is 2.08 bits per heavy atom. The second-order valence-electron chi connectivity index (χ2n) is 2.29. The van der Waals surface area contributed by atoms with Gasteiger partial charge in [0.1, 0.15) is 6.04 Å². The molecule has 6 heteroatoms. The van der Waals surface area contributed by atoms with Gasteiger partial charge in [-0.15, -0.1) is 0 Å². The lowest BCUT2D eigenvalue weighted by Crippen LogP contribution is -2.28. The van der Waals surface area contributed by atoms with Crippen LogP contribution in [0.4, 0.5) is 13.2 Å². The van der Waals surface area contributed by atoms with Crippen molar-refractivity contribution in [2.45, 2.75) is 12.2 Å². The van der Waals surface area contributed by atoms with E-state index in [0.29, 0.717) is 0 Å². The van der Waals surface area contributed by atoms with Crippen LogP contribution in [0.2, 0.25) is 5.02 Å². The summed E-state index contributed by atoms with van der Waals surface area (Å²) < 4.78 is 35.9. The van der Waals surface area contributed by atoms with Crippen LogP contribution in [0.25, 0.3) is 0 Å². The van der Waals surface area contributed by atoms with E-state index >= 15 is 0 Å². The molecular formula is C6H6ClF3N2. The highest BCUT2D eigenvalue weighted by Gasteiger charge is 2.38. The lowest BCUT2D eigenvalue weighted by atomic mass is 10.2. The standard InChI is InChI=1S/C6H6ClF3N2/c7-3-1-4(12-2-3)5(11)6(8,9)10/h1-2,5,12H,11H2. The number of aromatic nitrogens is 1. The van der Waals surface area contributed by atoms with Gasteiger partial charge in [-0.1, -0.05) is 11.6 Å². The molecule has 1 aromatic rings. The zero-order valence-corrected chi connectivity index (χ0v) is 6.58. The Morgan fingerprint density at radius 3 is 2.42 bits per heavy atom. The van der Waals surface area contributed by atoms with Crippen molar-refractivity contribution < 1.29 is 13.2 Å². The molecule has 0 saturated heterocycles. The van der Waals surface area contributed by atoms with Crippen molar-refractivity contribution >= 4 is 11.6 Å². The van der Waals surface area contributed by atoms with Gasteiger partial charge in [-0.3, -0.25) is 0 Å². The molecule has 0 spiro atoms. The predicted octanol–water partition coefficient (Wildman–Crippen LogP) is 2.23. The fourth-order valence-electron chi connectivity index (χ4n) is 0.740. The van der Waals surface area contributed by atoms with Gasteiger partial charge in [0.15, 0.2) is 0 Å². The van der Waals surface area contributed by atoms with Gasteiger partial charge in [0.05, 0.1) is 5.02 Å². The Bertz CT molecular complexity index is 268. The average molecular weight is 199 g/mol. The first-order valence-corrected chi connectivity index (χ1v) is 3.45. The van der Waals surface area contributed by atoms with Crippen molar-refractivity contribution in [2.24, 2.45) is 5.73 Å². The van der Waals surface area contributed by atoms with Crippen LogP contribution in [0, 0.1) is 0 Å². The smallest absolute Gasteiger partial charge is 0.362 e. The lowest BCUT2D eigenvalue weighted by Gasteiger charge is -2.13. The number of alkyl halides is 3. The number of hydrogen-bond acceptors (Lipinski definition) is 1. The molecule has 0 bridgehead atoms. The first-order chi connectivity index (χ1) is 5.41. The summed E-state index contributed by atoms with van der Waals surface area (Å²) >= 11 is 5.40. The Kier molecular flexibility index (Phi) is 2.34. The first-order valence-electron chi connectivity index (χ1n) is 3.07. The zero-order valence-electron chi connectivity index (χ0n) is 5.82. The molecule has 0 aliphatic rings. The predicted molar refractivity (Wildman–Crippen MR) is 38.8 cm³/mol. The summed E-state index contributed by atoms with van der Waals surface area (Å²) in [5, 5.41) is 0.213. The molecular weight excluding hydrogens is 193 g/mol. The summed E-state index contributed by atoms with van der Waals surface area (Å²) in [5.41, 5.74) is 4.74. The molecule has 1 rings (SSSR count). The van der Waals surface area contributed by atoms with Gasteiger partial charge in [0, 0.05) is 11.9 Å². The second kappa shape index (κ2) is 2.99. The van der Waals surface area contributed by atoms with E-state index in [4.69, 9.17) is 17.3 Å². The molecule has 68 valence electrons. The summed E-state index contributed by atoms with van der Waals surface area (Å²) in [6.45, 7) is 0. The van der Waals surface area contributed by atoms with E-state index in [1.165, 1.54) is 6.20 Å². The maximum absolute atomic E-state index is 12.0. The molecule has 3 N–H and O–H groups in total. The van der Waals surface area contributed by atoms with E-state index in [1.807, 2.05) is 0 Å². The highest BCUT2D eigenvalue weighted by molar-refractivity contribution is 6.30. The minimum atomic E-state index is -4.44. The largest absolute Gasteiger partial charge is 0.409 e. The number of nitrogens with one attached hydrogen (secondary N) is 1. The Hall–Kier alpha value is -0.680. The fraction of sp³-hybridized carbons (Fsp3) is 0.333. The number of H-pyrrole nitrogens is 1. The highest BCUT2D eigenvalue weighted by atomic mass is 35.5. The fourth-order valence-corrected chi connectivity index (χ4v) is 0.912. The van der Waals surface area contributed by atoms with Crippen LogP contribution in [-0.4, -0.2) is 11.2 Å². The van der Waals surface area contributed by atoms with Crippen LogP contribution in [0.15, 0.2) is 12.3 Å². The summed E-state index contributed by atoms with van der Waals surface area (Å²) in [6.07, 6.45) is -3.18. The van der Waals surface area contributed by atoms with Gasteiger partial charge in [-0.25, -0.2) is 0 Å². The number of aromatic amines is 1. The third kappa shape index (κ3) is 1.92. The van der Waals surface area contributed by atoms with Crippen LogP contribution in [0.5, 0.6) is 0 Å². The maximum Gasteiger partial charge on any atom is 0.409 e. The third-order valence-electron chi connectivity index (χ3n) is 1.36. The van der Waals surface area contributed by atoms with Gasteiger partial charge in [0.25, 0.3) is 0 Å². The molecule has 1 aromatic heterocycles. The van der Waals surface area contributed by atoms with Gasteiger partial charge in [-0.2, -0.15) is 13.2 Å². The lowest BCUT2D eigenvalue weighted by molar-refractivity contribution is -0.149. The van der Waals surface area contributed by atoms with Crippen molar-refractivity contribution in [1.82, 2.24) is 4.98 Å². The van der Waals surface area contributed by atoms with E-state index < -0.39 is 12.2 Å². The average Bonchev–Trinajstić information content (AvgIpc) is 2.32. The van der Waals surface area contributed by atoms with Crippen LogP contribution < -0.4 is 5.73 Å². The molecule has 1 atom stereocenters. The molecule has 12 heavy (non-hydrogen) atoms. The molecule has 0 amide bonds. The van der Waals surface area contributed by atoms with Crippen LogP contribution in [0.3, 0.4) is 0 Å².